The van der Waals surface area contributed by atoms with Crippen molar-refractivity contribution in [1.29, 1.82) is 0 Å². The lowest BCUT2D eigenvalue weighted by Crippen LogP contribution is -2.53. The van der Waals surface area contributed by atoms with Crippen molar-refractivity contribution in [3.05, 3.63) is 99.4 Å². The minimum Gasteiger partial charge on any atom is -0.455 e. The highest BCUT2D eigenvalue weighted by molar-refractivity contribution is 7.90. The van der Waals surface area contributed by atoms with Crippen LogP contribution in [-0.2, 0) is 14.8 Å². The van der Waals surface area contributed by atoms with Crippen LogP contribution in [0.3, 0.4) is 0 Å². The summed E-state index contributed by atoms with van der Waals surface area (Å²) >= 11 is 6.17. The number of sulfonamides is 1. The first-order chi connectivity index (χ1) is 28.6. The molecule has 0 unspecified atom stereocenters. The number of fused-ring (bicyclic) bond motifs is 1. The lowest BCUT2D eigenvalue weighted by Gasteiger charge is -2.53. The average Bonchev–Trinajstić information content (AvgIpc) is 3.65. The zero-order valence-electron chi connectivity index (χ0n) is 34.1. The van der Waals surface area contributed by atoms with Gasteiger partial charge in [-0.3, -0.25) is 19.8 Å². The molecule has 3 N–H and O–H groups in total. The molecule has 14 nitrogen and oxygen atoms in total. The molecular formula is C44H52ClN7O7S. The molecule has 2 aromatic carbocycles. The van der Waals surface area contributed by atoms with Crippen LogP contribution in [0.1, 0.15) is 69.2 Å². The Balaban J connectivity index is 0.981. The first-order valence-corrected chi connectivity index (χ1v) is 22.4. The number of benzene rings is 2. The van der Waals surface area contributed by atoms with Gasteiger partial charge in [0.05, 0.1) is 34.8 Å². The van der Waals surface area contributed by atoms with Crippen LogP contribution in [0, 0.1) is 26.9 Å². The Morgan fingerprint density at radius 2 is 1.88 bits per heavy atom. The van der Waals surface area contributed by atoms with Crippen LogP contribution < -0.4 is 19.7 Å². The molecule has 318 valence electrons. The monoisotopic (exact) mass is 857 g/mol. The lowest BCUT2D eigenvalue weighted by atomic mass is 9.61. The van der Waals surface area contributed by atoms with E-state index < -0.39 is 31.4 Å². The molecule has 2 aliphatic heterocycles. The number of pyridine rings is 1. The third-order valence-corrected chi connectivity index (χ3v) is 14.0. The average molecular weight is 858 g/mol. The summed E-state index contributed by atoms with van der Waals surface area (Å²) in [5, 5.41) is 16.7. The number of ether oxygens (including phenoxy) is 2. The minimum absolute atomic E-state index is 0.0302. The molecule has 0 atom stereocenters. The highest BCUT2D eigenvalue weighted by Crippen LogP contribution is 2.50. The fourth-order valence-corrected chi connectivity index (χ4v) is 10.2. The van der Waals surface area contributed by atoms with Gasteiger partial charge in [0.15, 0.2) is 0 Å². The van der Waals surface area contributed by atoms with Crippen molar-refractivity contribution in [2.45, 2.75) is 63.7 Å². The number of H-pyrrole nitrogens is 1. The summed E-state index contributed by atoms with van der Waals surface area (Å²) in [6.45, 7) is 14.7. The molecule has 2 aromatic heterocycles. The number of nitrogens with zero attached hydrogens (tertiary/aromatic N) is 4. The summed E-state index contributed by atoms with van der Waals surface area (Å²) in [5.74, 6) is -0.103. The maximum absolute atomic E-state index is 13.9. The smallest absolute Gasteiger partial charge is 0.293 e. The van der Waals surface area contributed by atoms with Crippen LogP contribution in [0.15, 0.2) is 88.6 Å². The van der Waals surface area contributed by atoms with E-state index in [1.165, 1.54) is 29.5 Å². The maximum Gasteiger partial charge on any atom is 0.293 e. The van der Waals surface area contributed by atoms with Gasteiger partial charge in [-0.15, -0.1) is 0 Å². The minimum atomic E-state index is -4.54. The van der Waals surface area contributed by atoms with E-state index in [0.717, 1.165) is 108 Å². The maximum atomic E-state index is 13.9. The van der Waals surface area contributed by atoms with E-state index in [1.54, 1.807) is 30.5 Å². The third kappa shape index (κ3) is 9.34. The number of carbonyl (C=O) groups excluding carboxylic acids is 1. The van der Waals surface area contributed by atoms with Crippen LogP contribution in [0.25, 0.3) is 11.0 Å². The van der Waals surface area contributed by atoms with Gasteiger partial charge in [-0.1, -0.05) is 43.2 Å². The van der Waals surface area contributed by atoms with Gasteiger partial charge in [-0.2, -0.15) is 0 Å². The Bertz CT molecular complexity index is 2450. The first-order valence-electron chi connectivity index (χ1n) is 20.6. The number of halogens is 1. The lowest BCUT2D eigenvalue weighted by molar-refractivity contribution is -0.384. The van der Waals surface area contributed by atoms with Gasteiger partial charge in [-0.25, -0.2) is 18.1 Å². The van der Waals surface area contributed by atoms with Crippen molar-refractivity contribution >= 4 is 55.6 Å². The standard InChI is InChI=1S/C44H52ClN7O7S/c1-29(45)4-5-32-23-43(2,3)12-10-33(32)26-50-14-16-51(17-15-50)34-6-8-37(40(19-34)59-35-18-31-11-13-46-41(31)48-25-35)42(53)49-60(56,57)36-7-9-38(39(20-36)52(54)55)47-24-30-21-44(22-30)27-58-28-44/h6-9,11,13,18-20,25,30,47H,1,4-5,10,12,14-17,21-24,26-28H2,2-3H3,(H,46,48)(H,49,53). The first kappa shape index (κ1) is 41.8. The molecule has 3 fully saturated rings. The van der Waals surface area contributed by atoms with Crippen molar-refractivity contribution in [3.63, 3.8) is 0 Å². The third-order valence-electron chi connectivity index (χ3n) is 12.5. The van der Waals surface area contributed by atoms with E-state index in [9.17, 15) is 23.3 Å². The fraction of sp³-hybridized carbons (Fsp3) is 0.455. The molecule has 60 heavy (non-hydrogen) atoms. The number of aromatic amines is 1. The second kappa shape index (κ2) is 16.8. The van der Waals surface area contributed by atoms with Gasteiger partial charge in [-0.05, 0) is 92.7 Å². The molecule has 1 saturated carbocycles. The number of nitro groups is 1. The van der Waals surface area contributed by atoms with Crippen molar-refractivity contribution in [2.24, 2.45) is 16.7 Å². The van der Waals surface area contributed by atoms with Crippen LogP contribution in [0.4, 0.5) is 17.1 Å². The molecule has 4 aromatic rings. The Kier molecular flexibility index (Phi) is 11.7. The summed E-state index contributed by atoms with van der Waals surface area (Å²) in [6.07, 6.45) is 10.3. The summed E-state index contributed by atoms with van der Waals surface area (Å²) < 4.78 is 41.1. The van der Waals surface area contributed by atoms with Crippen molar-refractivity contribution in [1.82, 2.24) is 19.6 Å². The molecule has 2 aliphatic carbocycles. The van der Waals surface area contributed by atoms with Gasteiger partial charge in [0.1, 0.15) is 22.8 Å². The van der Waals surface area contributed by atoms with Gasteiger partial charge >= 0.3 is 0 Å². The van der Waals surface area contributed by atoms with Crippen molar-refractivity contribution < 1.29 is 27.6 Å². The van der Waals surface area contributed by atoms with Crippen LogP contribution in [0.5, 0.6) is 11.5 Å². The van der Waals surface area contributed by atoms with Crippen LogP contribution in [-0.4, -0.2) is 86.6 Å². The van der Waals surface area contributed by atoms with Crippen molar-refractivity contribution in [2.75, 3.05) is 62.7 Å². The second-order valence-electron chi connectivity index (χ2n) is 17.7. The van der Waals surface area contributed by atoms with Crippen molar-refractivity contribution in [3.8, 4) is 11.5 Å². The quantitative estimate of drug-likeness (QED) is 0.0596. The molecule has 1 spiro atoms. The molecule has 4 heterocycles. The molecule has 0 bridgehead atoms. The van der Waals surface area contributed by atoms with Crippen LogP contribution in [0.2, 0.25) is 0 Å². The number of rotatable bonds is 15. The van der Waals surface area contributed by atoms with Gasteiger partial charge in [0.25, 0.3) is 21.6 Å². The summed E-state index contributed by atoms with van der Waals surface area (Å²) in [6, 6.07) is 12.3. The Hall–Kier alpha value is -4.96. The Morgan fingerprint density at radius 1 is 1.10 bits per heavy atom. The van der Waals surface area contributed by atoms with E-state index in [2.05, 4.69) is 50.2 Å². The molecule has 8 rings (SSSR count). The Labute approximate surface area is 355 Å². The van der Waals surface area contributed by atoms with Gasteiger partial charge in [0.2, 0.25) is 0 Å². The number of piperazine rings is 1. The summed E-state index contributed by atoms with van der Waals surface area (Å²) in [7, 11) is -4.54. The summed E-state index contributed by atoms with van der Waals surface area (Å²) in [5.41, 5.74) is 4.81. The molecular weight excluding hydrogens is 806 g/mol. The molecule has 0 radical (unpaired) electrons. The molecule has 2 saturated heterocycles. The summed E-state index contributed by atoms with van der Waals surface area (Å²) in [4.78, 5) is 37.1. The zero-order valence-corrected chi connectivity index (χ0v) is 35.7. The molecule has 4 aliphatic rings. The number of allylic oxidation sites excluding steroid dienone is 2. The van der Waals surface area contributed by atoms with Crippen LogP contribution >= 0.6 is 11.6 Å². The predicted molar refractivity (Wildman–Crippen MR) is 232 cm³/mol. The molecule has 1 amide bonds. The predicted octanol–water partition coefficient (Wildman–Crippen LogP) is 8.38. The Morgan fingerprint density at radius 3 is 2.60 bits per heavy atom. The number of hydrogen-bond donors (Lipinski definition) is 3. The number of amides is 1. The van der Waals surface area contributed by atoms with E-state index in [-0.39, 0.29) is 27.8 Å². The topological polar surface area (TPSA) is 172 Å². The van der Waals surface area contributed by atoms with E-state index in [4.69, 9.17) is 21.1 Å². The second-order valence-corrected chi connectivity index (χ2v) is 19.9. The number of nitrogens with one attached hydrogen (secondary N) is 3. The normalized spacial score (nSPS) is 19.1. The van der Waals surface area contributed by atoms with E-state index in [0.29, 0.717) is 28.9 Å². The fourth-order valence-electron chi connectivity index (χ4n) is 9.12. The zero-order chi connectivity index (χ0) is 42.2. The number of carbonyl (C=O) groups is 1. The number of aromatic nitrogens is 2. The number of hydrogen-bond acceptors (Lipinski definition) is 11. The highest BCUT2D eigenvalue weighted by Gasteiger charge is 2.49. The van der Waals surface area contributed by atoms with Gasteiger partial charge in [0, 0.05) is 79.1 Å². The SMILES string of the molecule is C=C(Cl)CCC1=C(CN2CCN(c3ccc(C(=O)NS(=O)(=O)c4ccc(NCC5CC6(COC6)C5)c([N+](=O)[O-])c4)c(Oc4cnc5[nH]ccc5c4)c3)CC2)CCC(C)(C)C1. The van der Waals surface area contributed by atoms with E-state index >= 15 is 0 Å². The number of nitro benzene ring substituents is 1. The van der Waals surface area contributed by atoms with Gasteiger partial charge < -0.3 is 24.7 Å². The highest BCUT2D eigenvalue weighted by atomic mass is 35.5. The number of anilines is 2. The molecule has 16 heteroatoms. The largest absolute Gasteiger partial charge is 0.455 e. The van der Waals surface area contributed by atoms with E-state index in [1.807, 2.05) is 6.07 Å².